The van der Waals surface area contributed by atoms with Crippen LogP contribution in [0.5, 0.6) is 0 Å². The lowest BCUT2D eigenvalue weighted by Gasteiger charge is -1.95. The monoisotopic (exact) mass is 178 g/mol. The van der Waals surface area contributed by atoms with Crippen LogP contribution in [0.4, 0.5) is 0 Å². The summed E-state index contributed by atoms with van der Waals surface area (Å²) in [5, 5.41) is 0.0245. The van der Waals surface area contributed by atoms with Crippen LogP contribution in [0.15, 0.2) is 0 Å². The van der Waals surface area contributed by atoms with Crippen molar-refractivity contribution in [3.05, 3.63) is 0 Å². The lowest BCUT2D eigenvalue weighted by atomic mass is 10.1. The highest BCUT2D eigenvalue weighted by molar-refractivity contribution is 7.96. The summed E-state index contributed by atoms with van der Waals surface area (Å²) in [5.41, 5.74) is 0. The molecule has 68 valence electrons. The smallest absolute Gasteiger partial charge is 0.185 e. The molecule has 11 heavy (non-hydrogen) atoms. The van der Waals surface area contributed by atoms with Gasteiger partial charge in [0.2, 0.25) is 0 Å². The third-order valence-corrected chi connectivity index (χ3v) is 1.72. The van der Waals surface area contributed by atoms with Crippen molar-refractivity contribution < 1.29 is 10.3 Å². The predicted molar refractivity (Wildman–Crippen MR) is 51.0 cm³/mol. The van der Waals surface area contributed by atoms with E-state index in [2.05, 4.69) is 19.6 Å². The van der Waals surface area contributed by atoms with Crippen molar-refractivity contribution in [2.24, 2.45) is 0 Å². The summed E-state index contributed by atoms with van der Waals surface area (Å²) in [6, 6.07) is 0. The number of unbranched alkanes of at least 4 members (excludes halogenated alkanes) is 4. The van der Waals surface area contributed by atoms with Gasteiger partial charge in [0.1, 0.15) is 0 Å². The fourth-order valence-corrected chi connectivity index (χ4v) is 1.04. The Labute approximate surface area is 74.1 Å². The number of thiol groups is 1. The highest BCUT2D eigenvalue weighted by Gasteiger charge is 1.93. The van der Waals surface area contributed by atoms with Gasteiger partial charge >= 0.3 is 0 Å². The Kier molecular flexibility index (Phi) is 12.3. The minimum absolute atomic E-state index is 0. The van der Waals surface area contributed by atoms with E-state index in [1.165, 1.54) is 25.7 Å². The molecule has 0 unspecified atom stereocenters. The highest BCUT2D eigenvalue weighted by Crippen LogP contribution is 2.05. The van der Waals surface area contributed by atoms with Crippen molar-refractivity contribution in [3.8, 4) is 0 Å². The van der Waals surface area contributed by atoms with Gasteiger partial charge in [0.25, 0.3) is 0 Å². The molecule has 0 spiro atoms. The minimum atomic E-state index is 0. The molecule has 0 aromatic carbocycles. The molecular formula is C8H18O2S. The van der Waals surface area contributed by atoms with E-state index >= 15 is 0 Å². The topological polar surface area (TPSA) is 48.6 Å². The molecule has 0 aliphatic rings. The first-order chi connectivity index (χ1) is 4.77. The van der Waals surface area contributed by atoms with Crippen LogP contribution in [-0.2, 0) is 4.79 Å². The number of hydrogen-bond donors (Lipinski definition) is 1. The summed E-state index contributed by atoms with van der Waals surface area (Å²) < 4.78 is 0. The summed E-state index contributed by atoms with van der Waals surface area (Å²) in [7, 11) is 0. The Morgan fingerprint density at radius 3 is 2.18 bits per heavy atom. The Morgan fingerprint density at radius 1 is 1.18 bits per heavy atom. The van der Waals surface area contributed by atoms with Gasteiger partial charge in [-0.1, -0.05) is 32.6 Å². The number of hydrogen-bond acceptors (Lipinski definition) is 1. The molecular weight excluding hydrogens is 160 g/mol. The van der Waals surface area contributed by atoms with Crippen LogP contribution in [0, 0.1) is 0 Å². The van der Waals surface area contributed by atoms with Crippen LogP contribution in [0.2, 0.25) is 0 Å². The Balaban J connectivity index is 0. The molecule has 0 saturated carbocycles. The molecule has 0 aromatic heterocycles. The summed E-state index contributed by atoms with van der Waals surface area (Å²) in [5.74, 6) is 0. The van der Waals surface area contributed by atoms with Crippen LogP contribution in [0.3, 0.4) is 0 Å². The maximum absolute atomic E-state index is 10.3. The van der Waals surface area contributed by atoms with Crippen molar-refractivity contribution in [2.45, 2.75) is 45.4 Å². The third-order valence-electron chi connectivity index (χ3n) is 1.49. The Morgan fingerprint density at radius 2 is 1.73 bits per heavy atom. The zero-order valence-electron chi connectivity index (χ0n) is 7.10. The second-order valence-electron chi connectivity index (χ2n) is 2.56. The van der Waals surface area contributed by atoms with Crippen molar-refractivity contribution in [3.63, 3.8) is 0 Å². The fourth-order valence-electron chi connectivity index (χ4n) is 0.880. The minimum Gasteiger partial charge on any atom is -0.412 e. The normalized spacial score (nSPS) is 8.91. The first-order valence-corrected chi connectivity index (χ1v) is 4.44. The number of carbonyl (C=O) groups is 1. The molecule has 0 amide bonds. The molecule has 0 aromatic rings. The third kappa shape index (κ3) is 13.0. The van der Waals surface area contributed by atoms with Crippen LogP contribution in [0.25, 0.3) is 0 Å². The van der Waals surface area contributed by atoms with Gasteiger partial charge in [-0.3, -0.25) is 4.79 Å². The molecule has 0 rings (SSSR count). The standard InChI is InChI=1S/C8H16OS.H2O/c1-2-3-4-5-6-7-8(9)10;/h2-7H2,1H3,(H,9,10);1H2. The molecule has 0 aliphatic heterocycles. The molecule has 0 fully saturated rings. The molecule has 3 heteroatoms. The van der Waals surface area contributed by atoms with E-state index in [0.717, 1.165) is 6.42 Å². The van der Waals surface area contributed by atoms with Crippen LogP contribution in [-0.4, -0.2) is 10.6 Å². The maximum Gasteiger partial charge on any atom is 0.185 e. The van der Waals surface area contributed by atoms with E-state index in [1.807, 2.05) is 0 Å². The van der Waals surface area contributed by atoms with Gasteiger partial charge in [0, 0.05) is 6.42 Å². The van der Waals surface area contributed by atoms with Crippen molar-refractivity contribution in [1.29, 1.82) is 0 Å². The summed E-state index contributed by atoms with van der Waals surface area (Å²) >= 11 is 3.68. The van der Waals surface area contributed by atoms with E-state index in [1.54, 1.807) is 0 Å². The molecule has 0 heterocycles. The van der Waals surface area contributed by atoms with Gasteiger partial charge in [0.15, 0.2) is 5.12 Å². The second kappa shape index (κ2) is 9.98. The first kappa shape index (κ1) is 13.6. The van der Waals surface area contributed by atoms with Crippen LogP contribution in [0.1, 0.15) is 45.4 Å². The van der Waals surface area contributed by atoms with Gasteiger partial charge in [0.05, 0.1) is 0 Å². The number of carbonyl (C=O) groups excluding carboxylic acids is 1. The molecule has 0 saturated heterocycles. The van der Waals surface area contributed by atoms with Crippen molar-refractivity contribution >= 4 is 17.7 Å². The van der Waals surface area contributed by atoms with Gasteiger partial charge in [-0.2, -0.15) is 0 Å². The van der Waals surface area contributed by atoms with Gasteiger partial charge in [-0.05, 0) is 6.42 Å². The summed E-state index contributed by atoms with van der Waals surface area (Å²) in [6.07, 6.45) is 6.66. The van der Waals surface area contributed by atoms with Gasteiger partial charge < -0.3 is 5.48 Å². The van der Waals surface area contributed by atoms with Crippen LogP contribution < -0.4 is 0 Å². The average Bonchev–Trinajstić information content (AvgIpc) is 1.87. The van der Waals surface area contributed by atoms with E-state index in [4.69, 9.17) is 0 Å². The molecule has 2 nitrogen and oxygen atoms in total. The van der Waals surface area contributed by atoms with Crippen molar-refractivity contribution in [2.75, 3.05) is 0 Å². The average molecular weight is 178 g/mol. The Bertz CT molecular complexity index is 94.1. The number of rotatable bonds is 6. The Hall–Kier alpha value is -0.0200. The van der Waals surface area contributed by atoms with E-state index < -0.39 is 0 Å². The molecule has 2 N–H and O–H groups in total. The second-order valence-corrected chi connectivity index (χ2v) is 3.06. The van der Waals surface area contributed by atoms with Gasteiger partial charge in [-0.15, -0.1) is 12.6 Å². The molecule has 0 aliphatic carbocycles. The molecule has 0 radical (unpaired) electrons. The summed E-state index contributed by atoms with van der Waals surface area (Å²) in [4.78, 5) is 10.3. The molecule has 0 atom stereocenters. The lowest BCUT2D eigenvalue weighted by Crippen LogP contribution is -1.85. The highest BCUT2D eigenvalue weighted by atomic mass is 32.1. The first-order valence-electron chi connectivity index (χ1n) is 3.99. The van der Waals surface area contributed by atoms with E-state index in [-0.39, 0.29) is 10.6 Å². The van der Waals surface area contributed by atoms with E-state index in [0.29, 0.717) is 6.42 Å². The fraction of sp³-hybridized carbons (Fsp3) is 0.875. The molecule has 0 bridgehead atoms. The zero-order valence-corrected chi connectivity index (χ0v) is 7.99. The lowest BCUT2D eigenvalue weighted by molar-refractivity contribution is -0.110. The van der Waals surface area contributed by atoms with Crippen LogP contribution >= 0.6 is 12.6 Å². The largest absolute Gasteiger partial charge is 0.412 e. The SMILES string of the molecule is CCCCCCCC(=O)S.O. The summed E-state index contributed by atoms with van der Waals surface area (Å²) in [6.45, 7) is 2.18. The quantitative estimate of drug-likeness (QED) is 0.490. The zero-order chi connectivity index (χ0) is 7.82. The van der Waals surface area contributed by atoms with E-state index in [9.17, 15) is 4.79 Å². The maximum atomic E-state index is 10.3. The van der Waals surface area contributed by atoms with Crippen molar-refractivity contribution in [1.82, 2.24) is 0 Å². The van der Waals surface area contributed by atoms with Gasteiger partial charge in [-0.25, -0.2) is 0 Å². The predicted octanol–water partition coefficient (Wildman–Crippen LogP) is 1.98.